The standard InChI is InChI=1S/C13H16ClIN2OS/c14-9-1-2-12(11(15)7-9)17-13(18)8-19-10-3-5-16-6-4-10/h1-2,7,10,16H,3-6,8H2,(H,17,18). The molecule has 6 heteroatoms. The molecule has 0 unspecified atom stereocenters. The van der Waals surface area contributed by atoms with Gasteiger partial charge in [-0.3, -0.25) is 4.79 Å². The minimum absolute atomic E-state index is 0.0590. The predicted octanol–water partition coefficient (Wildman–Crippen LogP) is 3.37. The van der Waals surface area contributed by atoms with E-state index in [4.69, 9.17) is 11.6 Å². The second-order valence-corrected chi connectivity index (χ2v) is 7.32. The second-order valence-electron chi connectivity index (χ2n) is 4.43. The van der Waals surface area contributed by atoms with Crippen LogP contribution in [-0.2, 0) is 4.79 Å². The second kappa shape index (κ2) is 7.71. The molecule has 1 fully saturated rings. The molecule has 0 saturated carbocycles. The molecule has 0 radical (unpaired) electrons. The van der Waals surface area contributed by atoms with E-state index in [1.165, 1.54) is 0 Å². The van der Waals surface area contributed by atoms with Crippen molar-refractivity contribution in [3.63, 3.8) is 0 Å². The van der Waals surface area contributed by atoms with Crippen molar-refractivity contribution in [1.29, 1.82) is 0 Å². The summed E-state index contributed by atoms with van der Waals surface area (Å²) in [7, 11) is 0. The van der Waals surface area contributed by atoms with E-state index in [1.54, 1.807) is 17.8 Å². The number of nitrogens with one attached hydrogen (secondary N) is 2. The molecule has 104 valence electrons. The molecule has 0 spiro atoms. The summed E-state index contributed by atoms with van der Waals surface area (Å²) < 4.78 is 0.963. The van der Waals surface area contributed by atoms with Gasteiger partial charge >= 0.3 is 0 Å². The average Bonchev–Trinajstić information content (AvgIpc) is 2.41. The van der Waals surface area contributed by atoms with Crippen LogP contribution in [-0.4, -0.2) is 30.0 Å². The van der Waals surface area contributed by atoms with Gasteiger partial charge < -0.3 is 10.6 Å². The molecule has 19 heavy (non-hydrogen) atoms. The van der Waals surface area contributed by atoms with Crippen molar-refractivity contribution in [3.8, 4) is 0 Å². The number of hydrogen-bond donors (Lipinski definition) is 2. The number of benzene rings is 1. The molecule has 3 nitrogen and oxygen atoms in total. The van der Waals surface area contributed by atoms with E-state index in [1.807, 2.05) is 12.1 Å². The van der Waals surface area contributed by atoms with E-state index in [9.17, 15) is 4.79 Å². The highest BCUT2D eigenvalue weighted by atomic mass is 127. The highest BCUT2D eigenvalue weighted by Gasteiger charge is 2.15. The van der Waals surface area contributed by atoms with Crippen LogP contribution < -0.4 is 10.6 Å². The first-order valence-electron chi connectivity index (χ1n) is 6.22. The molecule has 2 N–H and O–H groups in total. The number of rotatable bonds is 4. The number of halogens is 2. The lowest BCUT2D eigenvalue weighted by molar-refractivity contribution is -0.113. The molecular weight excluding hydrogens is 395 g/mol. The Kier molecular flexibility index (Phi) is 6.25. The Labute approximate surface area is 136 Å². The van der Waals surface area contributed by atoms with Crippen LogP contribution in [0.3, 0.4) is 0 Å². The lowest BCUT2D eigenvalue weighted by atomic mass is 10.2. The first-order valence-corrected chi connectivity index (χ1v) is 8.73. The normalized spacial score (nSPS) is 16.3. The molecule has 0 bridgehead atoms. The highest BCUT2D eigenvalue weighted by Crippen LogP contribution is 2.24. The predicted molar refractivity (Wildman–Crippen MR) is 91.1 cm³/mol. The van der Waals surface area contributed by atoms with E-state index < -0.39 is 0 Å². The van der Waals surface area contributed by atoms with Gasteiger partial charge in [0.15, 0.2) is 0 Å². The molecule has 2 rings (SSSR count). The van der Waals surface area contributed by atoms with Gasteiger partial charge in [0, 0.05) is 13.8 Å². The summed E-state index contributed by atoms with van der Waals surface area (Å²) in [5.74, 6) is 0.576. The van der Waals surface area contributed by atoms with Crippen molar-refractivity contribution >= 4 is 57.5 Å². The number of thioether (sulfide) groups is 1. The van der Waals surface area contributed by atoms with Gasteiger partial charge in [-0.1, -0.05) is 11.6 Å². The SMILES string of the molecule is O=C(CSC1CCNCC1)Nc1ccc(Cl)cc1I. The van der Waals surface area contributed by atoms with Crippen LogP contribution in [0.5, 0.6) is 0 Å². The van der Waals surface area contributed by atoms with E-state index in [0.717, 1.165) is 35.2 Å². The first kappa shape index (κ1) is 15.4. The Bertz CT molecular complexity index is 452. The Morgan fingerprint density at radius 3 is 2.89 bits per heavy atom. The van der Waals surface area contributed by atoms with E-state index in [-0.39, 0.29) is 5.91 Å². The van der Waals surface area contributed by atoms with Crippen LogP contribution in [0.15, 0.2) is 18.2 Å². The maximum absolute atomic E-state index is 11.9. The molecule has 0 aromatic heterocycles. The van der Waals surface area contributed by atoms with Gasteiger partial charge in [-0.25, -0.2) is 0 Å². The summed E-state index contributed by atoms with van der Waals surface area (Å²) in [6.07, 6.45) is 2.30. The maximum Gasteiger partial charge on any atom is 0.234 e. The van der Waals surface area contributed by atoms with Gasteiger partial charge in [0.1, 0.15) is 0 Å². The summed E-state index contributed by atoms with van der Waals surface area (Å²) in [5.41, 5.74) is 0.834. The Morgan fingerprint density at radius 2 is 2.21 bits per heavy atom. The summed E-state index contributed by atoms with van der Waals surface area (Å²) in [6, 6.07) is 5.48. The van der Waals surface area contributed by atoms with Crippen molar-refractivity contribution in [3.05, 3.63) is 26.8 Å². The summed E-state index contributed by atoms with van der Waals surface area (Å²) >= 11 is 9.82. The summed E-state index contributed by atoms with van der Waals surface area (Å²) in [5, 5.41) is 7.56. The maximum atomic E-state index is 11.9. The number of amides is 1. The van der Waals surface area contributed by atoms with Gasteiger partial charge in [-0.2, -0.15) is 0 Å². The summed E-state index contributed by atoms with van der Waals surface area (Å²) in [4.78, 5) is 11.9. The van der Waals surface area contributed by atoms with Gasteiger partial charge in [0.05, 0.1) is 11.4 Å². The van der Waals surface area contributed by atoms with Crippen molar-refractivity contribution in [2.24, 2.45) is 0 Å². The van der Waals surface area contributed by atoms with Crippen LogP contribution in [0.4, 0.5) is 5.69 Å². The molecule has 1 amide bonds. The molecule has 1 aliphatic rings. The Morgan fingerprint density at radius 1 is 1.47 bits per heavy atom. The number of anilines is 1. The monoisotopic (exact) mass is 410 g/mol. The zero-order chi connectivity index (χ0) is 13.7. The number of hydrogen-bond acceptors (Lipinski definition) is 3. The molecule has 1 aromatic carbocycles. The average molecular weight is 411 g/mol. The quantitative estimate of drug-likeness (QED) is 0.748. The lowest BCUT2D eigenvalue weighted by Crippen LogP contribution is -2.30. The highest BCUT2D eigenvalue weighted by molar-refractivity contribution is 14.1. The van der Waals surface area contributed by atoms with Gasteiger partial charge in [-0.05, 0) is 66.7 Å². The van der Waals surface area contributed by atoms with Crippen molar-refractivity contribution in [2.45, 2.75) is 18.1 Å². The van der Waals surface area contributed by atoms with Crippen LogP contribution >= 0.6 is 46.0 Å². The number of piperidine rings is 1. The van der Waals surface area contributed by atoms with E-state index >= 15 is 0 Å². The first-order chi connectivity index (χ1) is 9.15. The fourth-order valence-electron chi connectivity index (χ4n) is 1.93. The smallest absolute Gasteiger partial charge is 0.234 e. The minimum atomic E-state index is 0.0590. The van der Waals surface area contributed by atoms with Crippen molar-refractivity contribution in [1.82, 2.24) is 5.32 Å². The molecule has 1 aliphatic heterocycles. The van der Waals surface area contributed by atoms with Gasteiger partial charge in [0.25, 0.3) is 0 Å². The molecule has 0 aliphatic carbocycles. The largest absolute Gasteiger partial charge is 0.324 e. The Hall–Kier alpha value is 0.0200. The van der Waals surface area contributed by atoms with Crippen molar-refractivity contribution in [2.75, 3.05) is 24.2 Å². The molecule has 0 atom stereocenters. The minimum Gasteiger partial charge on any atom is -0.324 e. The third kappa shape index (κ3) is 5.13. The van der Waals surface area contributed by atoms with Crippen molar-refractivity contribution < 1.29 is 4.79 Å². The molecular formula is C13H16ClIN2OS. The number of carbonyl (C=O) groups excluding carboxylic acids is 1. The van der Waals surface area contributed by atoms with Crippen LogP contribution in [0, 0.1) is 3.57 Å². The lowest BCUT2D eigenvalue weighted by Gasteiger charge is -2.21. The third-order valence-electron chi connectivity index (χ3n) is 2.94. The number of carbonyl (C=O) groups is 1. The molecule has 1 heterocycles. The van der Waals surface area contributed by atoms with Gasteiger partial charge in [-0.15, -0.1) is 11.8 Å². The molecule has 1 aromatic rings. The fourth-order valence-corrected chi connectivity index (χ4v) is 3.97. The zero-order valence-electron chi connectivity index (χ0n) is 10.4. The van der Waals surface area contributed by atoms with Gasteiger partial charge in [0.2, 0.25) is 5.91 Å². The fraction of sp³-hybridized carbons (Fsp3) is 0.462. The molecule has 1 saturated heterocycles. The van der Waals surface area contributed by atoms with Crippen LogP contribution in [0.25, 0.3) is 0 Å². The topological polar surface area (TPSA) is 41.1 Å². The Balaban J connectivity index is 1.80. The van der Waals surface area contributed by atoms with Crippen LogP contribution in [0.2, 0.25) is 5.02 Å². The third-order valence-corrected chi connectivity index (χ3v) is 5.44. The van der Waals surface area contributed by atoms with E-state index in [2.05, 4.69) is 33.2 Å². The van der Waals surface area contributed by atoms with Crippen LogP contribution in [0.1, 0.15) is 12.8 Å². The van der Waals surface area contributed by atoms with E-state index in [0.29, 0.717) is 16.0 Å². The summed E-state index contributed by atoms with van der Waals surface area (Å²) in [6.45, 7) is 2.13. The zero-order valence-corrected chi connectivity index (χ0v) is 14.1.